The van der Waals surface area contributed by atoms with Crippen LogP contribution in [0.3, 0.4) is 0 Å². The number of aryl methyl sites for hydroxylation is 1. The number of benzene rings is 3. The normalized spacial score (nSPS) is 11.6. The predicted molar refractivity (Wildman–Crippen MR) is 123 cm³/mol. The monoisotopic (exact) mass is 479 g/mol. The number of ether oxygens (including phenoxy) is 1. The number of phenolic OH excluding ortho intramolecular Hbond substituents is 1. The van der Waals surface area contributed by atoms with Gasteiger partial charge >= 0.3 is 10.4 Å². The Morgan fingerprint density at radius 2 is 1.33 bits per heavy atom. The molecule has 3 aromatic rings. The Labute approximate surface area is 213 Å². The van der Waals surface area contributed by atoms with Gasteiger partial charge in [-0.2, -0.15) is 28.9 Å². The van der Waals surface area contributed by atoms with Crippen LogP contribution in [0.4, 0.5) is 22.7 Å². The topological polar surface area (TPSA) is 142 Å². The first-order valence-electron chi connectivity index (χ1n) is 9.36. The van der Waals surface area contributed by atoms with Crippen molar-refractivity contribution in [2.45, 2.75) is 6.92 Å². The minimum Gasteiger partial charge on any atom is -0.508 e. The Morgan fingerprint density at radius 1 is 0.788 bits per heavy atom. The van der Waals surface area contributed by atoms with Crippen LogP contribution < -0.4 is 4.74 Å². The summed E-state index contributed by atoms with van der Waals surface area (Å²) in [6.07, 6.45) is 0. The maximum atomic E-state index is 10.5. The third-order valence-electron chi connectivity index (χ3n) is 4.01. The van der Waals surface area contributed by atoms with E-state index in [2.05, 4.69) is 24.6 Å². The van der Waals surface area contributed by atoms with Gasteiger partial charge in [0.1, 0.15) is 24.7 Å². The molecule has 10 nitrogen and oxygen atoms in total. The number of hydrogen-bond donors (Lipinski definition) is 2. The number of azo groups is 2. The molecule has 0 aliphatic heterocycles. The van der Waals surface area contributed by atoms with Crippen molar-refractivity contribution in [3.63, 3.8) is 0 Å². The van der Waals surface area contributed by atoms with Gasteiger partial charge in [0, 0.05) is 29.6 Å². The molecular formula is C21H20N4NaO6S. The zero-order chi connectivity index (χ0) is 23.0. The Bertz CT molecular complexity index is 1220. The summed E-state index contributed by atoms with van der Waals surface area (Å²) in [6, 6.07) is 18.5. The van der Waals surface area contributed by atoms with Gasteiger partial charge in [-0.05, 0) is 79.2 Å². The number of nitrogens with zero attached hydrogens (tertiary/aromatic N) is 4. The molecule has 167 valence electrons. The molecule has 0 saturated heterocycles. The van der Waals surface area contributed by atoms with Crippen molar-refractivity contribution in [3.05, 3.63) is 72.3 Å². The summed E-state index contributed by atoms with van der Waals surface area (Å²) in [7, 11) is -4.47. The second-order valence-electron chi connectivity index (χ2n) is 6.48. The van der Waals surface area contributed by atoms with Crippen LogP contribution in [-0.4, -0.2) is 60.8 Å². The Balaban J connectivity index is 0.00000385. The fourth-order valence-electron chi connectivity index (χ4n) is 2.47. The van der Waals surface area contributed by atoms with Crippen LogP contribution in [-0.2, 0) is 14.6 Å². The maximum absolute atomic E-state index is 10.5. The molecule has 0 heterocycles. The maximum Gasteiger partial charge on any atom is 0.397 e. The smallest absolute Gasteiger partial charge is 0.397 e. The first-order valence-corrected chi connectivity index (χ1v) is 10.7. The zero-order valence-electron chi connectivity index (χ0n) is 18.0. The zero-order valence-corrected chi connectivity index (χ0v) is 20.8. The fraction of sp³-hybridized carbons (Fsp3) is 0.143. The van der Waals surface area contributed by atoms with Crippen LogP contribution in [0.25, 0.3) is 0 Å². The van der Waals surface area contributed by atoms with Gasteiger partial charge < -0.3 is 9.84 Å². The van der Waals surface area contributed by atoms with E-state index < -0.39 is 10.4 Å². The molecule has 0 atom stereocenters. The van der Waals surface area contributed by atoms with Crippen LogP contribution >= 0.6 is 0 Å². The molecule has 12 heteroatoms. The first kappa shape index (κ1) is 26.6. The number of rotatable bonds is 9. The predicted octanol–water partition coefficient (Wildman–Crippen LogP) is 5.35. The van der Waals surface area contributed by atoms with Gasteiger partial charge in [0.15, 0.2) is 0 Å². The summed E-state index contributed by atoms with van der Waals surface area (Å²) in [5, 5.41) is 26.0. The van der Waals surface area contributed by atoms with Crippen LogP contribution in [0.5, 0.6) is 11.5 Å². The van der Waals surface area contributed by atoms with Gasteiger partial charge in [-0.15, -0.1) is 0 Å². The van der Waals surface area contributed by atoms with Crippen LogP contribution in [0.2, 0.25) is 0 Å². The van der Waals surface area contributed by atoms with Gasteiger partial charge in [0.05, 0.1) is 22.7 Å². The van der Waals surface area contributed by atoms with E-state index in [0.717, 1.165) is 5.56 Å². The molecule has 0 spiro atoms. The molecule has 33 heavy (non-hydrogen) atoms. The second kappa shape index (κ2) is 12.5. The molecule has 0 aliphatic carbocycles. The van der Waals surface area contributed by atoms with Gasteiger partial charge in [0.25, 0.3) is 0 Å². The van der Waals surface area contributed by atoms with Crippen LogP contribution in [0, 0.1) is 6.92 Å². The van der Waals surface area contributed by atoms with Crippen molar-refractivity contribution in [2.24, 2.45) is 20.5 Å². The van der Waals surface area contributed by atoms with Crippen molar-refractivity contribution in [3.8, 4) is 11.5 Å². The molecule has 0 fully saturated rings. The van der Waals surface area contributed by atoms with E-state index in [1.807, 2.05) is 13.0 Å². The standard InChI is InChI=1S/C21H20N4O6S.Na/c1-15-14-18(24-22-16-2-7-19(26)8-3-16)6-11-21(15)25-23-17-4-9-20(10-5-17)30-12-13-31-32(27,28)29;/h2-11,14,26H,12-13H2,1H3,(H,27,28,29);. The molecule has 0 unspecified atom stereocenters. The Kier molecular flexibility index (Phi) is 10.1. The number of phenols is 1. The quantitative estimate of drug-likeness (QED) is 0.183. The van der Waals surface area contributed by atoms with E-state index >= 15 is 0 Å². The molecule has 2 N–H and O–H groups in total. The molecule has 0 saturated carbocycles. The molecule has 0 aliphatic rings. The van der Waals surface area contributed by atoms with Crippen molar-refractivity contribution in [2.75, 3.05) is 13.2 Å². The molecule has 3 aromatic carbocycles. The van der Waals surface area contributed by atoms with Crippen LogP contribution in [0.15, 0.2) is 87.2 Å². The summed E-state index contributed by atoms with van der Waals surface area (Å²) >= 11 is 0. The molecule has 0 aromatic heterocycles. The van der Waals surface area contributed by atoms with Crippen LogP contribution in [0.1, 0.15) is 5.56 Å². The van der Waals surface area contributed by atoms with E-state index in [-0.39, 0.29) is 48.5 Å². The SMILES string of the molecule is Cc1cc(N=Nc2ccc(O)cc2)ccc1N=Nc1ccc(OCCOS(=O)(=O)O)cc1.[Na]. The average molecular weight is 479 g/mol. The van der Waals surface area contributed by atoms with Gasteiger partial charge in [-0.25, -0.2) is 4.18 Å². The molecule has 3 rings (SSSR count). The average Bonchev–Trinajstić information content (AvgIpc) is 2.76. The summed E-state index contributed by atoms with van der Waals surface area (Å²) in [6.45, 7) is 1.54. The van der Waals surface area contributed by atoms with Crippen molar-refractivity contribution in [1.82, 2.24) is 0 Å². The fourth-order valence-corrected chi connectivity index (χ4v) is 2.75. The Morgan fingerprint density at radius 3 is 1.94 bits per heavy atom. The number of aromatic hydroxyl groups is 1. The van der Waals surface area contributed by atoms with Crippen molar-refractivity contribution < 1.29 is 27.0 Å². The largest absolute Gasteiger partial charge is 0.508 e. The third-order valence-corrected chi connectivity index (χ3v) is 4.47. The van der Waals surface area contributed by atoms with Gasteiger partial charge in [-0.1, -0.05) is 0 Å². The minimum absolute atomic E-state index is 0. The summed E-state index contributed by atoms with van der Waals surface area (Å²) < 4.78 is 38.9. The van der Waals surface area contributed by atoms with E-state index in [1.54, 1.807) is 60.7 Å². The van der Waals surface area contributed by atoms with E-state index in [9.17, 15) is 13.5 Å². The minimum atomic E-state index is -4.47. The summed E-state index contributed by atoms with van der Waals surface area (Å²) in [5.74, 6) is 0.657. The molecule has 1 radical (unpaired) electrons. The summed E-state index contributed by atoms with van der Waals surface area (Å²) in [4.78, 5) is 0. The third kappa shape index (κ3) is 9.38. The summed E-state index contributed by atoms with van der Waals surface area (Å²) in [5.41, 5.74) is 3.43. The van der Waals surface area contributed by atoms with Gasteiger partial charge in [-0.3, -0.25) is 4.55 Å². The van der Waals surface area contributed by atoms with Crippen molar-refractivity contribution >= 4 is 62.7 Å². The van der Waals surface area contributed by atoms with E-state index in [1.165, 1.54) is 0 Å². The number of hydrogen-bond acceptors (Lipinski definition) is 9. The van der Waals surface area contributed by atoms with E-state index in [0.29, 0.717) is 28.5 Å². The molecular weight excluding hydrogens is 459 g/mol. The van der Waals surface area contributed by atoms with Gasteiger partial charge in [0.2, 0.25) is 0 Å². The molecule has 0 amide bonds. The second-order valence-corrected chi connectivity index (χ2v) is 7.57. The Hall–Kier alpha value is -2.67. The molecule has 0 bridgehead atoms. The van der Waals surface area contributed by atoms with E-state index in [4.69, 9.17) is 9.29 Å². The first-order chi connectivity index (χ1) is 15.3. The van der Waals surface area contributed by atoms with Crippen molar-refractivity contribution in [1.29, 1.82) is 0 Å².